The SMILES string of the molecule is CCCCCCCCCCCCOc1ccc(OCCCCCCCCCCCC)c(C#Cc2cc(OCCCCCCCCCCCC)c(C#Cc3cc(OCCCCCCCCCCCC)c(C#Cc4cc(OCCCCCCCCCCCC)c(Br)cc4OCCCCCCCCCCCC)cc3OCCCCCCCCCCCC)cc2OCCCCCCCCCCCC)c1. The van der Waals surface area contributed by atoms with Gasteiger partial charge in [0.15, 0.2) is 0 Å². The first kappa shape index (κ1) is 122. The Morgan fingerprint density at radius 2 is 0.289 bits per heavy atom. The summed E-state index contributed by atoms with van der Waals surface area (Å²) in [5.41, 5.74) is 4.69. The van der Waals surface area contributed by atoms with Crippen molar-refractivity contribution in [2.45, 2.75) is 569 Å². The first-order valence-electron chi connectivity index (χ1n) is 58.7. The molecular weight excluding hydrogens is 1720 g/mol. The smallest absolute Gasteiger partial charge is 0.136 e. The van der Waals surface area contributed by atoms with Crippen LogP contribution in [-0.2, 0) is 0 Å². The molecule has 0 N–H and O–H groups in total. The van der Waals surface area contributed by atoms with Crippen molar-refractivity contribution in [3.63, 3.8) is 0 Å². The second kappa shape index (κ2) is 92.2. The van der Waals surface area contributed by atoms with Crippen LogP contribution in [0.3, 0.4) is 0 Å². The molecule has 768 valence electrons. The Bertz CT molecular complexity index is 3560. The lowest BCUT2D eigenvalue weighted by Crippen LogP contribution is -2.04. The molecule has 0 radical (unpaired) electrons. The zero-order valence-electron chi connectivity index (χ0n) is 89.6. The average Bonchev–Trinajstić information content (AvgIpc) is 0.809. The third-order valence-corrected chi connectivity index (χ3v) is 27.8. The number of halogens is 1. The summed E-state index contributed by atoms with van der Waals surface area (Å²) >= 11 is 3.97. The minimum absolute atomic E-state index is 0.568. The molecule has 0 aromatic heterocycles. The number of benzene rings is 4. The summed E-state index contributed by atoms with van der Waals surface area (Å²) in [7, 11) is 0. The van der Waals surface area contributed by atoms with Crippen LogP contribution in [0.2, 0.25) is 0 Å². The van der Waals surface area contributed by atoms with E-state index in [1.54, 1.807) is 0 Å². The summed E-state index contributed by atoms with van der Waals surface area (Å²) in [5.74, 6) is 28.5. The number of hydrogen-bond acceptors (Lipinski definition) is 8. The topological polar surface area (TPSA) is 73.8 Å². The Morgan fingerprint density at radius 3 is 0.481 bits per heavy atom. The summed E-state index contributed by atoms with van der Waals surface area (Å²) in [4.78, 5) is 0. The molecule has 0 aliphatic rings. The molecule has 8 nitrogen and oxygen atoms in total. The zero-order chi connectivity index (χ0) is 96.1. The monoisotopic (exact) mass is 1930 g/mol. The van der Waals surface area contributed by atoms with Gasteiger partial charge in [0.1, 0.15) is 46.0 Å². The third kappa shape index (κ3) is 67.5. The first-order chi connectivity index (χ1) is 66.8. The lowest BCUT2D eigenvalue weighted by Gasteiger charge is -2.15. The fraction of sp³-hybridized carbons (Fsp3) is 0.762. The van der Waals surface area contributed by atoms with Crippen molar-refractivity contribution in [1.29, 1.82) is 0 Å². The molecule has 9 heteroatoms. The summed E-state index contributed by atoms with van der Waals surface area (Å²) < 4.78 is 56.2. The maximum Gasteiger partial charge on any atom is 0.136 e. The van der Waals surface area contributed by atoms with Crippen molar-refractivity contribution < 1.29 is 37.9 Å². The summed E-state index contributed by atoms with van der Waals surface area (Å²) in [6.45, 7) is 23.3. The molecule has 0 spiro atoms. The molecule has 0 atom stereocenters. The highest BCUT2D eigenvalue weighted by Crippen LogP contribution is 2.37. The Hall–Kier alpha value is -5.56. The number of unbranched alkanes of at least 4 members (excludes halogenated alkanes) is 72. The van der Waals surface area contributed by atoms with Crippen LogP contribution < -0.4 is 37.9 Å². The molecule has 0 saturated carbocycles. The van der Waals surface area contributed by atoms with E-state index in [1.807, 2.05) is 0 Å². The Labute approximate surface area is 844 Å². The average molecular weight is 1930 g/mol. The Kier molecular flexibility index (Phi) is 83.1. The number of ether oxygens (including phenoxy) is 8. The molecule has 4 aromatic rings. The van der Waals surface area contributed by atoms with Gasteiger partial charge in [0.25, 0.3) is 0 Å². The van der Waals surface area contributed by atoms with Gasteiger partial charge in [-0.2, -0.15) is 0 Å². The molecule has 0 unspecified atom stereocenters. The fourth-order valence-electron chi connectivity index (χ4n) is 18.3. The van der Waals surface area contributed by atoms with Gasteiger partial charge in [0, 0.05) is 30.3 Å². The highest BCUT2D eigenvalue weighted by molar-refractivity contribution is 9.10. The van der Waals surface area contributed by atoms with Crippen LogP contribution in [0.5, 0.6) is 46.0 Å². The predicted octanol–water partition coefficient (Wildman–Crippen LogP) is 41.0. The van der Waals surface area contributed by atoms with E-state index in [0.29, 0.717) is 75.9 Å². The Morgan fingerprint density at radius 1 is 0.148 bits per heavy atom. The van der Waals surface area contributed by atoms with E-state index in [-0.39, 0.29) is 0 Å². The molecule has 4 aromatic carbocycles. The van der Waals surface area contributed by atoms with E-state index >= 15 is 0 Å². The number of hydrogen-bond donors (Lipinski definition) is 0. The second-order valence-electron chi connectivity index (χ2n) is 40.1. The van der Waals surface area contributed by atoms with Crippen LogP contribution in [-0.4, -0.2) is 52.9 Å². The third-order valence-electron chi connectivity index (χ3n) is 27.2. The van der Waals surface area contributed by atoms with Gasteiger partial charge < -0.3 is 37.9 Å². The minimum atomic E-state index is 0.568. The molecule has 0 fully saturated rings. The normalized spacial score (nSPS) is 11.2. The highest BCUT2D eigenvalue weighted by Gasteiger charge is 2.18. The van der Waals surface area contributed by atoms with Crippen molar-refractivity contribution in [3.05, 3.63) is 92.5 Å². The van der Waals surface area contributed by atoms with Gasteiger partial charge >= 0.3 is 0 Å². The van der Waals surface area contributed by atoms with Gasteiger partial charge in [-0.15, -0.1) is 0 Å². The largest absolute Gasteiger partial charge is 0.494 e. The van der Waals surface area contributed by atoms with E-state index in [9.17, 15) is 0 Å². The van der Waals surface area contributed by atoms with Crippen LogP contribution in [0.15, 0.2) is 59.1 Å². The molecule has 0 aliphatic carbocycles. The maximum atomic E-state index is 7.13. The molecule has 4 rings (SSSR count). The van der Waals surface area contributed by atoms with E-state index < -0.39 is 0 Å². The van der Waals surface area contributed by atoms with Crippen molar-refractivity contribution in [2.24, 2.45) is 0 Å². The van der Waals surface area contributed by atoms with Gasteiger partial charge in [-0.3, -0.25) is 0 Å². The molecule has 0 aliphatic heterocycles. The van der Waals surface area contributed by atoms with E-state index in [0.717, 1.165) is 151 Å². The van der Waals surface area contributed by atoms with Crippen molar-refractivity contribution >= 4 is 15.9 Å². The molecule has 135 heavy (non-hydrogen) atoms. The summed E-state index contributed by atoms with van der Waals surface area (Å²) in [5, 5.41) is 0. The van der Waals surface area contributed by atoms with Crippen molar-refractivity contribution in [1.82, 2.24) is 0 Å². The first-order valence-corrected chi connectivity index (χ1v) is 59.5. The highest BCUT2D eigenvalue weighted by atomic mass is 79.9. The van der Waals surface area contributed by atoms with Gasteiger partial charge in [0.2, 0.25) is 0 Å². The lowest BCUT2D eigenvalue weighted by molar-refractivity contribution is 0.294. The molecule has 0 saturated heterocycles. The van der Waals surface area contributed by atoms with Gasteiger partial charge in [-0.25, -0.2) is 0 Å². The predicted molar refractivity (Wildman–Crippen MR) is 590 cm³/mol. The maximum absolute atomic E-state index is 7.13. The van der Waals surface area contributed by atoms with Crippen LogP contribution in [0, 0.1) is 35.5 Å². The van der Waals surface area contributed by atoms with Crippen LogP contribution >= 0.6 is 15.9 Å². The Balaban J connectivity index is 1.98. The fourth-order valence-corrected chi connectivity index (χ4v) is 18.7. The quantitative estimate of drug-likeness (QED) is 0.0320. The second-order valence-corrected chi connectivity index (χ2v) is 41.0. The van der Waals surface area contributed by atoms with Crippen LogP contribution in [0.25, 0.3) is 0 Å². The van der Waals surface area contributed by atoms with Crippen LogP contribution in [0.1, 0.15) is 602 Å². The van der Waals surface area contributed by atoms with E-state index in [1.165, 1.54) is 424 Å². The van der Waals surface area contributed by atoms with Gasteiger partial charge in [-0.1, -0.05) is 553 Å². The number of rotatable bonds is 96. The lowest BCUT2D eigenvalue weighted by atomic mass is 10.0. The molecule has 0 heterocycles. The van der Waals surface area contributed by atoms with Gasteiger partial charge in [0.05, 0.1) is 90.7 Å². The minimum Gasteiger partial charge on any atom is -0.494 e. The van der Waals surface area contributed by atoms with E-state index in [4.69, 9.17) is 37.9 Å². The zero-order valence-corrected chi connectivity index (χ0v) is 91.2. The van der Waals surface area contributed by atoms with Crippen molar-refractivity contribution in [3.8, 4) is 81.5 Å². The van der Waals surface area contributed by atoms with Crippen LogP contribution in [0.4, 0.5) is 0 Å². The van der Waals surface area contributed by atoms with Crippen molar-refractivity contribution in [2.75, 3.05) is 52.9 Å². The molecule has 0 bridgehead atoms. The van der Waals surface area contributed by atoms with E-state index in [2.05, 4.69) is 161 Å². The summed E-state index contributed by atoms with van der Waals surface area (Å²) in [6.07, 6.45) is 101. The molecular formula is C126H209BrO8. The van der Waals surface area contributed by atoms with Gasteiger partial charge in [-0.05, 0) is 91.6 Å². The summed E-state index contributed by atoms with van der Waals surface area (Å²) in [6, 6.07) is 19.0. The standard InChI is InChI=1S/C126H209BrO8/c1-9-17-25-33-41-49-57-65-73-81-97-128-118-95-96-120(129-98-82-74-66-58-50-42-34-26-18-10-2)112(105-118)89-90-113-106-122(131-100-84-76-68-60-52-44-36-28-20-12-4)114(107-121(113)130-99-83-75-67-59-51-43-35-27-19-11-3)91-92-115-108-124(133-102-86-78-70-62-54-46-38-30-22-14-6)116(109-123(115)132-101-85-77-69-61-53-45-37-29-21-13-5)93-94-117-110-126(135-104-88-80-72-64-56-48-40-32-24-16-8)119(127)111-125(117)134-103-87-79-71-63-55-47-39-31-23-15-7/h95-96,105-111H,9-88,97-104H2,1-8H3. The molecule has 0 amide bonds.